The third kappa shape index (κ3) is 3.41. The lowest BCUT2D eigenvalue weighted by atomic mass is 10.2. The lowest BCUT2D eigenvalue weighted by Crippen LogP contribution is -2.31. The van der Waals surface area contributed by atoms with E-state index in [4.69, 9.17) is 16.7 Å². The number of carboxylic acid groups (broad SMARTS) is 1. The fourth-order valence-corrected chi connectivity index (χ4v) is 2.72. The van der Waals surface area contributed by atoms with Crippen LogP contribution in [-0.4, -0.2) is 43.8 Å². The Morgan fingerprint density at radius 1 is 1.45 bits per heavy atom. The summed E-state index contributed by atoms with van der Waals surface area (Å²) in [5.41, 5.74) is -0.768. The number of rotatable bonds is 5. The van der Waals surface area contributed by atoms with E-state index in [2.05, 4.69) is 0 Å². The molecular weight excluding hydrogens is 323 g/mol. The van der Waals surface area contributed by atoms with Crippen molar-refractivity contribution in [1.29, 1.82) is 0 Å². The van der Waals surface area contributed by atoms with E-state index in [0.29, 0.717) is 16.4 Å². The number of carbonyl (C=O) groups is 1. The smallest absolute Gasteiger partial charge is 0.337 e. The molecule has 1 aromatic carbocycles. The van der Waals surface area contributed by atoms with Gasteiger partial charge in [0.05, 0.1) is 22.0 Å². The molecule has 0 saturated heterocycles. The van der Waals surface area contributed by atoms with Crippen LogP contribution < -0.4 is 0 Å². The van der Waals surface area contributed by atoms with Crippen molar-refractivity contribution in [2.24, 2.45) is 0 Å². The highest BCUT2D eigenvalue weighted by molar-refractivity contribution is 7.89. The highest BCUT2D eigenvalue weighted by Gasteiger charge is 2.27. The van der Waals surface area contributed by atoms with E-state index < -0.39 is 50.3 Å². The van der Waals surface area contributed by atoms with Gasteiger partial charge in [-0.3, -0.25) is 0 Å². The summed E-state index contributed by atoms with van der Waals surface area (Å²) in [4.78, 5) is 10.1. The van der Waals surface area contributed by atoms with Crippen LogP contribution in [0.4, 0.5) is 13.2 Å². The molecule has 1 aromatic rings. The predicted octanol–water partition coefficient (Wildman–Crippen LogP) is 2.06. The quantitative estimate of drug-likeness (QED) is 0.896. The molecule has 0 bridgehead atoms. The minimum Gasteiger partial charge on any atom is -0.478 e. The van der Waals surface area contributed by atoms with Crippen LogP contribution in [0.15, 0.2) is 17.0 Å². The van der Waals surface area contributed by atoms with Gasteiger partial charge in [-0.05, 0) is 12.1 Å². The highest BCUT2D eigenvalue weighted by Crippen LogP contribution is 2.26. The minimum absolute atomic E-state index is 0.298. The van der Waals surface area contributed by atoms with Crippen LogP contribution in [0.2, 0.25) is 5.02 Å². The summed E-state index contributed by atoms with van der Waals surface area (Å²) in [6.07, 6.45) is -2.93. The van der Waals surface area contributed by atoms with Gasteiger partial charge >= 0.3 is 5.97 Å². The molecule has 0 heterocycles. The molecule has 0 unspecified atom stereocenters. The molecule has 1 rings (SSSR count). The highest BCUT2D eigenvalue weighted by atomic mass is 35.5. The van der Waals surface area contributed by atoms with Gasteiger partial charge in [0.1, 0.15) is 5.82 Å². The molecule has 0 radical (unpaired) electrons. The van der Waals surface area contributed by atoms with E-state index in [9.17, 15) is 26.4 Å². The maximum Gasteiger partial charge on any atom is 0.337 e. The summed E-state index contributed by atoms with van der Waals surface area (Å²) in [5, 5.41) is 8.03. The van der Waals surface area contributed by atoms with Crippen LogP contribution >= 0.6 is 11.6 Å². The monoisotopic (exact) mass is 331 g/mol. The topological polar surface area (TPSA) is 74.7 Å². The van der Waals surface area contributed by atoms with E-state index >= 15 is 0 Å². The molecule has 0 aliphatic rings. The zero-order chi connectivity index (χ0) is 15.7. The summed E-state index contributed by atoms with van der Waals surface area (Å²) in [6, 6.07) is 1.09. The van der Waals surface area contributed by atoms with Crippen LogP contribution in [-0.2, 0) is 10.0 Å². The first-order valence-electron chi connectivity index (χ1n) is 5.04. The third-order valence-corrected chi connectivity index (χ3v) is 4.52. The number of benzene rings is 1. The summed E-state index contributed by atoms with van der Waals surface area (Å²) in [7, 11) is -3.57. The lowest BCUT2D eigenvalue weighted by Gasteiger charge is -2.17. The first kappa shape index (κ1) is 16.7. The van der Waals surface area contributed by atoms with Gasteiger partial charge in [0.25, 0.3) is 6.43 Å². The van der Waals surface area contributed by atoms with Gasteiger partial charge in [-0.25, -0.2) is 26.4 Å². The van der Waals surface area contributed by atoms with E-state index in [1.165, 1.54) is 0 Å². The Bertz CT molecular complexity index is 636. The van der Waals surface area contributed by atoms with Crippen molar-refractivity contribution in [2.75, 3.05) is 13.6 Å². The molecule has 0 saturated carbocycles. The van der Waals surface area contributed by atoms with Crippen molar-refractivity contribution >= 4 is 27.6 Å². The molecule has 0 amide bonds. The molecule has 0 aromatic heterocycles. The first-order chi connectivity index (χ1) is 9.07. The summed E-state index contributed by atoms with van der Waals surface area (Å²) in [5.74, 6) is -2.90. The molecule has 0 aliphatic carbocycles. The van der Waals surface area contributed by atoms with Crippen LogP contribution in [0.3, 0.4) is 0 Å². The fraction of sp³-hybridized carbons (Fsp3) is 0.300. The van der Waals surface area contributed by atoms with Crippen molar-refractivity contribution in [3.05, 3.63) is 28.5 Å². The number of alkyl halides is 2. The number of aromatic carboxylic acids is 1. The first-order valence-corrected chi connectivity index (χ1v) is 6.86. The van der Waals surface area contributed by atoms with Crippen LogP contribution in [0, 0.1) is 5.82 Å². The third-order valence-electron chi connectivity index (χ3n) is 2.34. The van der Waals surface area contributed by atoms with Crippen molar-refractivity contribution in [3.63, 3.8) is 0 Å². The predicted molar refractivity (Wildman–Crippen MR) is 64.2 cm³/mol. The largest absolute Gasteiger partial charge is 0.478 e. The van der Waals surface area contributed by atoms with E-state index in [1.807, 2.05) is 0 Å². The van der Waals surface area contributed by atoms with Crippen LogP contribution in [0.25, 0.3) is 0 Å². The second kappa shape index (κ2) is 5.98. The number of sulfonamides is 1. The Hall–Kier alpha value is -1.32. The van der Waals surface area contributed by atoms with Gasteiger partial charge < -0.3 is 5.11 Å². The minimum atomic E-state index is -4.44. The van der Waals surface area contributed by atoms with Crippen LogP contribution in [0.1, 0.15) is 10.4 Å². The van der Waals surface area contributed by atoms with Crippen molar-refractivity contribution in [2.45, 2.75) is 11.3 Å². The van der Waals surface area contributed by atoms with Crippen molar-refractivity contribution in [1.82, 2.24) is 4.31 Å². The molecule has 0 aliphatic heterocycles. The molecule has 20 heavy (non-hydrogen) atoms. The van der Waals surface area contributed by atoms with Crippen molar-refractivity contribution in [3.8, 4) is 0 Å². The number of hydrogen-bond acceptors (Lipinski definition) is 3. The molecule has 1 N–H and O–H groups in total. The molecular formula is C10H9ClF3NO4S. The van der Waals surface area contributed by atoms with Gasteiger partial charge in [-0.15, -0.1) is 0 Å². The number of halogens is 4. The zero-order valence-corrected chi connectivity index (χ0v) is 11.6. The van der Waals surface area contributed by atoms with Gasteiger partial charge in [0.15, 0.2) is 0 Å². The van der Waals surface area contributed by atoms with E-state index in [-0.39, 0.29) is 0 Å². The SMILES string of the molecule is CN(CC(F)F)S(=O)(=O)c1cc(F)c(Cl)c(C(=O)O)c1. The molecule has 0 spiro atoms. The Morgan fingerprint density at radius 3 is 2.45 bits per heavy atom. The maximum absolute atomic E-state index is 13.4. The summed E-state index contributed by atoms with van der Waals surface area (Å²) >= 11 is 5.39. The lowest BCUT2D eigenvalue weighted by molar-refractivity contribution is 0.0696. The Balaban J connectivity index is 3.36. The average Bonchev–Trinajstić information content (AvgIpc) is 2.30. The normalized spacial score (nSPS) is 12.2. The second-order valence-electron chi connectivity index (χ2n) is 3.75. The van der Waals surface area contributed by atoms with Gasteiger partial charge in [0.2, 0.25) is 10.0 Å². The number of nitrogens with zero attached hydrogens (tertiary/aromatic N) is 1. The zero-order valence-electron chi connectivity index (χ0n) is 9.98. The average molecular weight is 332 g/mol. The molecule has 10 heteroatoms. The standard InChI is InChI=1S/C10H9ClF3NO4S/c1-15(4-8(13)14)20(18,19)5-2-6(10(16)17)9(11)7(12)3-5/h2-3,8H,4H2,1H3,(H,16,17). The second-order valence-corrected chi connectivity index (χ2v) is 6.17. The Morgan fingerprint density at radius 2 is 2.00 bits per heavy atom. The van der Waals surface area contributed by atoms with Crippen molar-refractivity contribution < 1.29 is 31.5 Å². The van der Waals surface area contributed by atoms with Gasteiger partial charge in [0, 0.05) is 7.05 Å². The fourth-order valence-electron chi connectivity index (χ4n) is 1.34. The molecule has 0 fully saturated rings. The number of carboxylic acids is 1. The summed E-state index contributed by atoms with van der Waals surface area (Å²) < 4.78 is 61.9. The van der Waals surface area contributed by atoms with E-state index in [1.54, 1.807) is 0 Å². The van der Waals surface area contributed by atoms with Gasteiger partial charge in [-0.2, -0.15) is 4.31 Å². The summed E-state index contributed by atoms with van der Waals surface area (Å²) in [6.45, 7) is -1.10. The molecule has 112 valence electrons. The van der Waals surface area contributed by atoms with Crippen LogP contribution in [0.5, 0.6) is 0 Å². The molecule has 5 nitrogen and oxygen atoms in total. The van der Waals surface area contributed by atoms with Gasteiger partial charge in [-0.1, -0.05) is 11.6 Å². The Labute approximate surface area is 117 Å². The maximum atomic E-state index is 13.4. The Kier molecular flexibility index (Phi) is 5.00. The van der Waals surface area contributed by atoms with E-state index in [0.717, 1.165) is 7.05 Å². The number of hydrogen-bond donors (Lipinski definition) is 1. The molecule has 0 atom stereocenters.